The zero-order valence-corrected chi connectivity index (χ0v) is 12.1. The highest BCUT2D eigenvalue weighted by molar-refractivity contribution is 5.30. The third kappa shape index (κ3) is 4.67. The number of likely N-dealkylation sites (N-methyl/N-ethyl adjacent to an activating group) is 2. The molecule has 1 aromatic rings. The van der Waals surface area contributed by atoms with Crippen LogP contribution in [-0.4, -0.2) is 38.7 Å². The van der Waals surface area contributed by atoms with E-state index < -0.39 is 0 Å². The quantitative estimate of drug-likeness (QED) is 0.767. The number of ether oxygens (including phenoxy) is 1. The van der Waals surface area contributed by atoms with Gasteiger partial charge in [0.1, 0.15) is 5.75 Å². The molecule has 1 rings (SSSR count). The number of nitrogens with zero attached hydrogens (tertiary/aromatic N) is 1. The van der Waals surface area contributed by atoms with Crippen molar-refractivity contribution in [3.05, 3.63) is 29.8 Å². The minimum Gasteiger partial charge on any atom is -0.497 e. The van der Waals surface area contributed by atoms with Crippen LogP contribution in [-0.2, 0) is 0 Å². The Hall–Kier alpha value is -1.06. The standard InChI is InChI=1S/C15H26N2O/c1-5-10-17(3)12-15(16-6-2)13-8-7-9-14(11-13)18-4/h7-9,11,15-16H,5-6,10,12H2,1-4H3. The van der Waals surface area contributed by atoms with Gasteiger partial charge in [-0.15, -0.1) is 0 Å². The van der Waals surface area contributed by atoms with Crippen LogP contribution in [0.1, 0.15) is 31.9 Å². The molecule has 0 aliphatic heterocycles. The molecule has 0 aromatic heterocycles. The van der Waals surface area contributed by atoms with Crippen molar-refractivity contribution < 1.29 is 4.74 Å². The Labute approximate surface area is 111 Å². The predicted molar refractivity (Wildman–Crippen MR) is 77.2 cm³/mol. The molecule has 3 nitrogen and oxygen atoms in total. The lowest BCUT2D eigenvalue weighted by molar-refractivity contribution is 0.292. The highest BCUT2D eigenvalue weighted by Crippen LogP contribution is 2.19. The average molecular weight is 250 g/mol. The van der Waals surface area contributed by atoms with Gasteiger partial charge >= 0.3 is 0 Å². The summed E-state index contributed by atoms with van der Waals surface area (Å²) in [6.45, 7) is 7.49. The molecule has 1 unspecified atom stereocenters. The fraction of sp³-hybridized carbons (Fsp3) is 0.600. The van der Waals surface area contributed by atoms with Crippen LogP contribution in [0.3, 0.4) is 0 Å². The molecule has 0 saturated heterocycles. The van der Waals surface area contributed by atoms with Gasteiger partial charge in [-0.25, -0.2) is 0 Å². The van der Waals surface area contributed by atoms with Gasteiger partial charge in [-0.2, -0.15) is 0 Å². The molecule has 0 aliphatic rings. The molecule has 0 radical (unpaired) electrons. The van der Waals surface area contributed by atoms with Gasteiger partial charge in [0.15, 0.2) is 0 Å². The molecule has 0 fully saturated rings. The number of rotatable bonds is 8. The van der Waals surface area contributed by atoms with Crippen molar-refractivity contribution in [1.29, 1.82) is 0 Å². The van der Waals surface area contributed by atoms with Gasteiger partial charge < -0.3 is 15.0 Å². The van der Waals surface area contributed by atoms with Crippen molar-refractivity contribution in [3.63, 3.8) is 0 Å². The van der Waals surface area contributed by atoms with E-state index in [2.05, 4.69) is 49.3 Å². The summed E-state index contributed by atoms with van der Waals surface area (Å²) in [6.07, 6.45) is 1.19. The maximum atomic E-state index is 5.29. The Morgan fingerprint density at radius 1 is 1.33 bits per heavy atom. The summed E-state index contributed by atoms with van der Waals surface area (Å²) in [5.74, 6) is 0.925. The van der Waals surface area contributed by atoms with Gasteiger partial charge in [-0.05, 0) is 44.3 Å². The highest BCUT2D eigenvalue weighted by Gasteiger charge is 2.13. The second-order valence-corrected chi connectivity index (χ2v) is 4.65. The molecule has 1 N–H and O–H groups in total. The molecular weight excluding hydrogens is 224 g/mol. The maximum absolute atomic E-state index is 5.29. The van der Waals surface area contributed by atoms with E-state index in [4.69, 9.17) is 4.74 Å². The van der Waals surface area contributed by atoms with Crippen LogP contribution in [0.5, 0.6) is 5.75 Å². The van der Waals surface area contributed by atoms with Gasteiger partial charge in [0.05, 0.1) is 7.11 Å². The molecular formula is C15H26N2O. The zero-order chi connectivity index (χ0) is 13.4. The third-order valence-corrected chi connectivity index (χ3v) is 3.05. The van der Waals surface area contributed by atoms with Gasteiger partial charge in [0, 0.05) is 12.6 Å². The molecule has 1 atom stereocenters. The van der Waals surface area contributed by atoms with Crippen LogP contribution in [0.4, 0.5) is 0 Å². The van der Waals surface area contributed by atoms with E-state index >= 15 is 0 Å². The van der Waals surface area contributed by atoms with Crippen LogP contribution < -0.4 is 10.1 Å². The summed E-state index contributed by atoms with van der Waals surface area (Å²) in [6, 6.07) is 8.69. The monoisotopic (exact) mass is 250 g/mol. The number of hydrogen-bond donors (Lipinski definition) is 1. The molecule has 0 spiro atoms. The van der Waals surface area contributed by atoms with E-state index in [1.807, 2.05) is 6.07 Å². The smallest absolute Gasteiger partial charge is 0.119 e. The van der Waals surface area contributed by atoms with E-state index in [1.54, 1.807) is 7.11 Å². The van der Waals surface area contributed by atoms with Crippen molar-refractivity contribution in [2.45, 2.75) is 26.3 Å². The first-order valence-electron chi connectivity index (χ1n) is 6.77. The Morgan fingerprint density at radius 3 is 2.72 bits per heavy atom. The van der Waals surface area contributed by atoms with Crippen LogP contribution in [0.2, 0.25) is 0 Å². The first-order chi connectivity index (χ1) is 8.71. The molecule has 18 heavy (non-hydrogen) atoms. The molecule has 0 bridgehead atoms. The average Bonchev–Trinajstić information content (AvgIpc) is 2.38. The minimum absolute atomic E-state index is 0.363. The van der Waals surface area contributed by atoms with Gasteiger partial charge in [-0.3, -0.25) is 0 Å². The number of benzene rings is 1. The zero-order valence-electron chi connectivity index (χ0n) is 12.1. The van der Waals surface area contributed by atoms with Gasteiger partial charge in [-0.1, -0.05) is 26.0 Å². The predicted octanol–water partition coefficient (Wildman–Crippen LogP) is 2.69. The second kappa shape index (κ2) is 8.11. The lowest BCUT2D eigenvalue weighted by atomic mass is 10.1. The topological polar surface area (TPSA) is 24.5 Å². The van der Waals surface area contributed by atoms with Crippen molar-refractivity contribution in [2.24, 2.45) is 0 Å². The minimum atomic E-state index is 0.363. The molecule has 0 aliphatic carbocycles. The van der Waals surface area contributed by atoms with E-state index in [0.29, 0.717) is 6.04 Å². The van der Waals surface area contributed by atoms with Crippen molar-refractivity contribution in [3.8, 4) is 5.75 Å². The number of hydrogen-bond acceptors (Lipinski definition) is 3. The lowest BCUT2D eigenvalue weighted by Gasteiger charge is -2.25. The van der Waals surface area contributed by atoms with E-state index in [0.717, 1.165) is 25.4 Å². The first kappa shape index (κ1) is 15.0. The fourth-order valence-electron chi connectivity index (χ4n) is 2.18. The summed E-state index contributed by atoms with van der Waals surface area (Å²) in [4.78, 5) is 2.37. The van der Waals surface area contributed by atoms with E-state index in [-0.39, 0.29) is 0 Å². The molecule has 3 heteroatoms. The summed E-state index contributed by atoms with van der Waals surface area (Å²) in [5, 5.41) is 3.54. The number of methoxy groups -OCH3 is 1. The summed E-state index contributed by atoms with van der Waals surface area (Å²) >= 11 is 0. The highest BCUT2D eigenvalue weighted by atomic mass is 16.5. The normalized spacial score (nSPS) is 12.7. The molecule has 0 heterocycles. The van der Waals surface area contributed by atoms with Crippen molar-refractivity contribution in [1.82, 2.24) is 10.2 Å². The largest absolute Gasteiger partial charge is 0.497 e. The maximum Gasteiger partial charge on any atom is 0.119 e. The fourth-order valence-corrected chi connectivity index (χ4v) is 2.18. The van der Waals surface area contributed by atoms with Crippen LogP contribution in [0.15, 0.2) is 24.3 Å². The van der Waals surface area contributed by atoms with Crippen LogP contribution in [0, 0.1) is 0 Å². The molecule has 0 amide bonds. The summed E-state index contributed by atoms with van der Waals surface area (Å²) in [5.41, 5.74) is 1.29. The first-order valence-corrected chi connectivity index (χ1v) is 6.77. The summed E-state index contributed by atoms with van der Waals surface area (Å²) in [7, 11) is 3.89. The summed E-state index contributed by atoms with van der Waals surface area (Å²) < 4.78 is 5.29. The van der Waals surface area contributed by atoms with E-state index in [9.17, 15) is 0 Å². The Kier molecular flexibility index (Phi) is 6.76. The molecule has 1 aromatic carbocycles. The van der Waals surface area contributed by atoms with Crippen molar-refractivity contribution >= 4 is 0 Å². The Morgan fingerprint density at radius 2 is 2.11 bits per heavy atom. The van der Waals surface area contributed by atoms with Crippen LogP contribution >= 0.6 is 0 Å². The number of nitrogens with one attached hydrogen (secondary N) is 1. The van der Waals surface area contributed by atoms with Crippen molar-refractivity contribution in [2.75, 3.05) is 33.8 Å². The Balaban J connectivity index is 2.75. The molecule has 102 valence electrons. The van der Waals surface area contributed by atoms with Crippen LogP contribution in [0.25, 0.3) is 0 Å². The SMILES string of the molecule is CCCN(C)CC(NCC)c1cccc(OC)c1. The third-order valence-electron chi connectivity index (χ3n) is 3.05. The van der Waals surface area contributed by atoms with Gasteiger partial charge in [0.2, 0.25) is 0 Å². The van der Waals surface area contributed by atoms with E-state index in [1.165, 1.54) is 12.0 Å². The molecule has 0 saturated carbocycles. The Bertz CT molecular complexity index is 341. The second-order valence-electron chi connectivity index (χ2n) is 4.65. The van der Waals surface area contributed by atoms with Gasteiger partial charge in [0.25, 0.3) is 0 Å². The lowest BCUT2D eigenvalue weighted by Crippen LogP contribution is -2.33.